The van der Waals surface area contributed by atoms with E-state index in [0.29, 0.717) is 34.9 Å². The molecule has 0 spiro atoms. The zero-order chi connectivity index (χ0) is 22.0. The van der Waals surface area contributed by atoms with Crippen LogP contribution in [-0.2, 0) is 4.79 Å². The van der Waals surface area contributed by atoms with E-state index in [1.54, 1.807) is 11.0 Å². The third kappa shape index (κ3) is 4.87. The number of benzene rings is 1. The van der Waals surface area contributed by atoms with Gasteiger partial charge in [0, 0.05) is 31.3 Å². The first-order valence-electron chi connectivity index (χ1n) is 9.66. The molecule has 0 bridgehead atoms. The van der Waals surface area contributed by atoms with E-state index in [-0.39, 0.29) is 29.5 Å². The van der Waals surface area contributed by atoms with Crippen LogP contribution in [0.2, 0.25) is 0 Å². The van der Waals surface area contributed by atoms with Gasteiger partial charge in [-0.3, -0.25) is 4.79 Å². The number of fused-ring (bicyclic) bond motifs is 1. The Hall–Kier alpha value is -2.95. The zero-order valence-electron chi connectivity index (χ0n) is 16.4. The topological polar surface area (TPSA) is 98.6 Å². The number of aliphatic hydroxyl groups excluding tert-OH is 2. The van der Waals surface area contributed by atoms with Crippen LogP contribution >= 0.6 is 11.3 Å². The molecule has 1 aromatic carbocycles. The number of aromatic nitrogens is 2. The van der Waals surface area contributed by atoms with Crippen LogP contribution in [0.3, 0.4) is 0 Å². The fourth-order valence-corrected chi connectivity index (χ4v) is 4.26. The van der Waals surface area contributed by atoms with E-state index < -0.39 is 18.5 Å². The second-order valence-corrected chi connectivity index (χ2v) is 8.22. The minimum Gasteiger partial charge on any atom is -0.393 e. The van der Waals surface area contributed by atoms with Gasteiger partial charge in [-0.2, -0.15) is 0 Å². The van der Waals surface area contributed by atoms with Crippen LogP contribution < -0.4 is 10.2 Å². The highest BCUT2D eigenvalue weighted by Gasteiger charge is 2.20. The molecule has 3 N–H and O–H groups in total. The number of rotatable bonds is 6. The van der Waals surface area contributed by atoms with Crippen molar-refractivity contribution in [1.29, 1.82) is 0 Å². The molecule has 4 rings (SSSR count). The lowest BCUT2D eigenvalue weighted by Crippen LogP contribution is -2.31. The van der Waals surface area contributed by atoms with Gasteiger partial charge in [-0.05, 0) is 30.7 Å². The molecule has 2 aromatic heterocycles. The van der Waals surface area contributed by atoms with E-state index in [0.717, 1.165) is 5.57 Å². The number of halogens is 2. The Bertz CT molecular complexity index is 1150. The fraction of sp³-hybridized carbons (Fsp3) is 0.286. The largest absolute Gasteiger partial charge is 0.393 e. The van der Waals surface area contributed by atoms with Crippen LogP contribution in [0.1, 0.15) is 24.5 Å². The van der Waals surface area contributed by atoms with E-state index in [2.05, 4.69) is 15.3 Å². The van der Waals surface area contributed by atoms with Crippen molar-refractivity contribution in [3.8, 4) is 0 Å². The number of carbonyl (C=O) groups is 1. The van der Waals surface area contributed by atoms with Crippen LogP contribution in [-0.4, -0.2) is 45.8 Å². The van der Waals surface area contributed by atoms with Gasteiger partial charge in [0.05, 0.1) is 16.8 Å². The zero-order valence-corrected chi connectivity index (χ0v) is 17.2. The van der Waals surface area contributed by atoms with E-state index in [1.165, 1.54) is 35.7 Å². The Morgan fingerprint density at radius 2 is 2.16 bits per heavy atom. The lowest BCUT2D eigenvalue weighted by Gasteiger charge is -2.28. The molecule has 1 aliphatic rings. The van der Waals surface area contributed by atoms with Gasteiger partial charge in [-0.15, -0.1) is 0 Å². The monoisotopic (exact) mass is 446 g/mol. The maximum Gasteiger partial charge on any atom is 0.230 e. The average molecular weight is 446 g/mol. The molecule has 0 aliphatic carbocycles. The third-order valence-electron chi connectivity index (χ3n) is 4.99. The van der Waals surface area contributed by atoms with Crippen molar-refractivity contribution in [2.45, 2.75) is 18.9 Å². The predicted molar refractivity (Wildman–Crippen MR) is 114 cm³/mol. The first-order chi connectivity index (χ1) is 14.9. The summed E-state index contributed by atoms with van der Waals surface area (Å²) in [6, 6.07) is 5.44. The Balaban J connectivity index is 1.36. The van der Waals surface area contributed by atoms with Crippen molar-refractivity contribution in [3.63, 3.8) is 0 Å². The number of carbonyl (C=O) groups excluding carboxylic acids is 1. The first kappa shape index (κ1) is 21.3. The van der Waals surface area contributed by atoms with Crippen LogP contribution in [0.15, 0.2) is 42.1 Å². The normalized spacial score (nSPS) is 15.1. The highest BCUT2D eigenvalue weighted by Crippen LogP contribution is 2.28. The highest BCUT2D eigenvalue weighted by atomic mass is 32.1. The minimum atomic E-state index is -1.17. The number of hydrogen-bond donors (Lipinski definition) is 3. The predicted octanol–water partition coefficient (Wildman–Crippen LogP) is 3.16. The number of amides is 1. The molecule has 1 atom stereocenters. The van der Waals surface area contributed by atoms with E-state index in [4.69, 9.17) is 5.11 Å². The van der Waals surface area contributed by atoms with E-state index >= 15 is 0 Å². The molecule has 10 heteroatoms. The third-order valence-corrected chi connectivity index (χ3v) is 5.92. The van der Waals surface area contributed by atoms with Crippen molar-refractivity contribution in [2.24, 2.45) is 0 Å². The van der Waals surface area contributed by atoms with Gasteiger partial charge in [0.1, 0.15) is 11.9 Å². The quantitative estimate of drug-likeness (QED) is 0.503. The average Bonchev–Trinajstić information content (AvgIpc) is 3.14. The number of nitrogens with zero attached hydrogens (tertiary/aromatic N) is 3. The number of nitrogens with one attached hydrogen (secondary N) is 1. The van der Waals surface area contributed by atoms with Gasteiger partial charge >= 0.3 is 0 Å². The SMILES string of the molecule is O=C(CC1=CCN(c2ncc([C@H](O)CO)cc2F)CC1)Nc1nc2ccc(F)cc2s1. The number of anilines is 2. The van der Waals surface area contributed by atoms with Crippen molar-refractivity contribution in [2.75, 3.05) is 29.9 Å². The molecule has 162 valence electrons. The fourth-order valence-electron chi connectivity index (χ4n) is 3.35. The molecule has 0 radical (unpaired) electrons. The van der Waals surface area contributed by atoms with Crippen LogP contribution in [0.4, 0.5) is 19.7 Å². The van der Waals surface area contributed by atoms with Gasteiger partial charge in [0.25, 0.3) is 0 Å². The molecule has 0 saturated heterocycles. The Kier molecular flexibility index (Phi) is 6.21. The second kappa shape index (κ2) is 9.04. The number of thiazole rings is 1. The van der Waals surface area contributed by atoms with Gasteiger partial charge < -0.3 is 20.4 Å². The molecule has 1 aliphatic heterocycles. The highest BCUT2D eigenvalue weighted by molar-refractivity contribution is 7.22. The molecule has 31 heavy (non-hydrogen) atoms. The molecular formula is C21H20F2N4O3S. The second-order valence-electron chi connectivity index (χ2n) is 7.19. The molecule has 7 nitrogen and oxygen atoms in total. The summed E-state index contributed by atoms with van der Waals surface area (Å²) in [5.74, 6) is -0.982. The standard InChI is InChI=1S/C21H20F2N4O3S/c22-14-1-2-16-18(9-14)31-21(25-16)26-19(30)7-12-3-5-27(6-4-12)20-15(23)8-13(10-24-20)17(29)11-28/h1-3,8-10,17,28-29H,4-7,11H2,(H,25,26,30)/t17-/m1/s1. The van der Waals surface area contributed by atoms with Gasteiger partial charge in [0.15, 0.2) is 16.8 Å². The molecule has 0 saturated carbocycles. The molecule has 1 amide bonds. The lowest BCUT2D eigenvalue weighted by atomic mass is 10.0. The maximum absolute atomic E-state index is 14.4. The molecular weight excluding hydrogens is 426 g/mol. The van der Waals surface area contributed by atoms with Crippen molar-refractivity contribution in [3.05, 3.63) is 59.3 Å². The molecule has 0 unspecified atom stereocenters. The molecule has 0 fully saturated rings. The summed E-state index contributed by atoms with van der Waals surface area (Å²) in [6.07, 6.45) is 2.80. The van der Waals surface area contributed by atoms with Crippen LogP contribution in [0, 0.1) is 11.6 Å². The number of hydrogen-bond acceptors (Lipinski definition) is 7. The van der Waals surface area contributed by atoms with Crippen molar-refractivity contribution >= 4 is 38.4 Å². The number of pyridine rings is 1. The summed E-state index contributed by atoms with van der Waals surface area (Å²) < 4.78 is 28.3. The lowest BCUT2D eigenvalue weighted by molar-refractivity contribution is -0.115. The minimum absolute atomic E-state index is 0.162. The molecule has 3 aromatic rings. The van der Waals surface area contributed by atoms with Gasteiger partial charge in [-0.25, -0.2) is 18.7 Å². The maximum atomic E-state index is 14.4. The van der Waals surface area contributed by atoms with E-state index in [1.807, 2.05) is 6.08 Å². The summed E-state index contributed by atoms with van der Waals surface area (Å²) >= 11 is 1.21. The Morgan fingerprint density at radius 3 is 2.87 bits per heavy atom. The number of aliphatic hydroxyl groups is 2. The summed E-state index contributed by atoms with van der Waals surface area (Å²) in [7, 11) is 0. The van der Waals surface area contributed by atoms with Gasteiger partial charge in [0.2, 0.25) is 5.91 Å². The summed E-state index contributed by atoms with van der Waals surface area (Å²) in [5, 5.41) is 21.7. The smallest absolute Gasteiger partial charge is 0.230 e. The van der Waals surface area contributed by atoms with Crippen molar-refractivity contribution in [1.82, 2.24) is 9.97 Å². The van der Waals surface area contributed by atoms with Crippen LogP contribution in [0.5, 0.6) is 0 Å². The first-order valence-corrected chi connectivity index (χ1v) is 10.5. The summed E-state index contributed by atoms with van der Waals surface area (Å²) in [6.45, 7) is 0.381. The van der Waals surface area contributed by atoms with Gasteiger partial charge in [-0.1, -0.05) is 23.0 Å². The van der Waals surface area contributed by atoms with E-state index in [9.17, 15) is 18.7 Å². The Labute approximate surface area is 180 Å². The van der Waals surface area contributed by atoms with Crippen LogP contribution in [0.25, 0.3) is 10.2 Å². The molecule has 3 heterocycles. The Morgan fingerprint density at radius 1 is 1.32 bits per heavy atom. The summed E-state index contributed by atoms with van der Waals surface area (Å²) in [5.41, 5.74) is 1.76. The van der Waals surface area contributed by atoms with Crippen molar-refractivity contribution < 1.29 is 23.8 Å². The summed E-state index contributed by atoms with van der Waals surface area (Å²) in [4.78, 5) is 22.5.